The van der Waals surface area contributed by atoms with Crippen LogP contribution in [0.3, 0.4) is 0 Å². The minimum atomic E-state index is -0.656. The van der Waals surface area contributed by atoms with Gasteiger partial charge in [0.05, 0.1) is 0 Å². The smallest absolute Gasteiger partial charge is 0.140 e. The van der Waals surface area contributed by atoms with Gasteiger partial charge in [0, 0.05) is 19.4 Å². The van der Waals surface area contributed by atoms with Crippen LogP contribution in [0.4, 0.5) is 0 Å². The van der Waals surface area contributed by atoms with Crippen LogP contribution in [0.15, 0.2) is 12.4 Å². The van der Waals surface area contributed by atoms with Crippen molar-refractivity contribution in [3.05, 3.63) is 18.2 Å². The van der Waals surface area contributed by atoms with Crippen LogP contribution in [0.25, 0.3) is 0 Å². The first-order valence-corrected chi connectivity index (χ1v) is 4.92. The van der Waals surface area contributed by atoms with Gasteiger partial charge in [-0.15, -0.1) is 0 Å². The van der Waals surface area contributed by atoms with E-state index in [-0.39, 0.29) is 0 Å². The lowest BCUT2D eigenvalue weighted by molar-refractivity contribution is -0.0112. The van der Waals surface area contributed by atoms with Crippen molar-refractivity contribution in [2.45, 2.75) is 37.7 Å². The maximum absolute atomic E-state index is 10.3. The Hall–Kier alpha value is -0.830. The highest BCUT2D eigenvalue weighted by Crippen LogP contribution is 2.35. The van der Waals surface area contributed by atoms with Crippen LogP contribution in [0.2, 0.25) is 0 Å². The quantitative estimate of drug-likeness (QED) is 0.712. The summed E-state index contributed by atoms with van der Waals surface area (Å²) in [4.78, 5) is 4.22. The second-order valence-corrected chi connectivity index (χ2v) is 3.95. The lowest BCUT2D eigenvalue weighted by Crippen LogP contribution is -2.31. The number of imidazole rings is 1. The molecule has 2 rings (SSSR count). The number of aryl methyl sites for hydroxylation is 1. The molecule has 0 spiro atoms. The lowest BCUT2D eigenvalue weighted by atomic mass is 9.84. The number of hydrogen-bond acceptors (Lipinski definition) is 2. The van der Waals surface area contributed by atoms with E-state index in [1.807, 2.05) is 17.8 Å². The molecule has 1 fully saturated rings. The van der Waals surface area contributed by atoms with Crippen LogP contribution in [0.5, 0.6) is 0 Å². The minimum absolute atomic E-state index is 0.656. The van der Waals surface area contributed by atoms with Crippen molar-refractivity contribution in [1.29, 1.82) is 0 Å². The van der Waals surface area contributed by atoms with E-state index in [0.717, 1.165) is 31.5 Å². The Morgan fingerprint density at radius 3 is 2.62 bits per heavy atom. The Labute approximate surface area is 78.4 Å². The average Bonchev–Trinajstić information content (AvgIpc) is 2.53. The Bertz CT molecular complexity index is 287. The van der Waals surface area contributed by atoms with Gasteiger partial charge in [0.2, 0.25) is 0 Å². The van der Waals surface area contributed by atoms with Crippen LogP contribution in [0.1, 0.15) is 37.9 Å². The van der Waals surface area contributed by atoms with Crippen molar-refractivity contribution in [3.63, 3.8) is 0 Å². The van der Waals surface area contributed by atoms with E-state index in [1.165, 1.54) is 6.42 Å². The van der Waals surface area contributed by atoms with E-state index >= 15 is 0 Å². The Kier molecular flexibility index (Phi) is 2.12. The summed E-state index contributed by atoms with van der Waals surface area (Å²) in [6.07, 6.45) is 8.83. The normalized spacial score (nSPS) is 21.7. The highest BCUT2D eigenvalue weighted by atomic mass is 16.3. The zero-order chi connectivity index (χ0) is 9.31. The molecule has 0 unspecified atom stereocenters. The number of nitrogens with zero attached hydrogens (tertiary/aromatic N) is 2. The number of aromatic nitrogens is 2. The first-order valence-electron chi connectivity index (χ1n) is 4.92. The van der Waals surface area contributed by atoms with Crippen molar-refractivity contribution >= 4 is 0 Å². The fourth-order valence-corrected chi connectivity index (χ4v) is 2.17. The van der Waals surface area contributed by atoms with Crippen molar-refractivity contribution in [1.82, 2.24) is 9.55 Å². The molecule has 1 heterocycles. The Balaban J connectivity index is 2.27. The van der Waals surface area contributed by atoms with Gasteiger partial charge in [0.25, 0.3) is 0 Å². The van der Waals surface area contributed by atoms with E-state index in [1.54, 1.807) is 6.20 Å². The molecular formula is C10H16N2O. The van der Waals surface area contributed by atoms with E-state index in [2.05, 4.69) is 4.98 Å². The van der Waals surface area contributed by atoms with Crippen LogP contribution in [-0.2, 0) is 12.6 Å². The molecule has 0 aliphatic heterocycles. The van der Waals surface area contributed by atoms with Gasteiger partial charge in [-0.05, 0) is 12.8 Å². The van der Waals surface area contributed by atoms with Crippen molar-refractivity contribution in [2.75, 3.05) is 0 Å². The maximum atomic E-state index is 10.3. The van der Waals surface area contributed by atoms with Gasteiger partial charge < -0.3 is 9.67 Å². The first-order chi connectivity index (χ1) is 6.22. The highest BCUT2D eigenvalue weighted by Gasteiger charge is 2.34. The third-order valence-electron chi connectivity index (χ3n) is 2.92. The number of rotatable bonds is 1. The predicted molar refractivity (Wildman–Crippen MR) is 50.2 cm³/mol. The summed E-state index contributed by atoms with van der Waals surface area (Å²) in [5, 5.41) is 10.3. The van der Waals surface area contributed by atoms with Gasteiger partial charge in [0.1, 0.15) is 11.4 Å². The molecule has 1 aliphatic carbocycles. The predicted octanol–water partition coefficient (Wildman–Crippen LogP) is 1.57. The van der Waals surface area contributed by atoms with E-state index in [0.29, 0.717) is 0 Å². The molecule has 3 heteroatoms. The second kappa shape index (κ2) is 3.14. The SMILES string of the molecule is Cn1ccnc1C1(O)CCCCC1. The molecule has 1 aromatic rings. The molecule has 1 aliphatic rings. The standard InChI is InChI=1S/C10H16N2O/c1-12-8-7-11-9(12)10(13)5-3-2-4-6-10/h7-8,13H,2-6H2,1H3. The first kappa shape index (κ1) is 8.75. The van der Waals surface area contributed by atoms with Crippen molar-refractivity contribution in [2.24, 2.45) is 7.05 Å². The Morgan fingerprint density at radius 2 is 2.08 bits per heavy atom. The average molecular weight is 180 g/mol. The summed E-state index contributed by atoms with van der Waals surface area (Å²) in [6, 6.07) is 0. The molecule has 0 saturated heterocycles. The molecule has 3 nitrogen and oxygen atoms in total. The topological polar surface area (TPSA) is 38.0 Å². The van der Waals surface area contributed by atoms with Gasteiger partial charge in [-0.25, -0.2) is 4.98 Å². The van der Waals surface area contributed by atoms with Crippen LogP contribution < -0.4 is 0 Å². The summed E-state index contributed by atoms with van der Waals surface area (Å²) < 4.78 is 1.92. The third-order valence-corrected chi connectivity index (χ3v) is 2.92. The van der Waals surface area contributed by atoms with E-state index in [9.17, 15) is 5.11 Å². The summed E-state index contributed by atoms with van der Waals surface area (Å²) in [5.74, 6) is 0.826. The zero-order valence-corrected chi connectivity index (χ0v) is 8.03. The highest BCUT2D eigenvalue weighted by molar-refractivity contribution is 5.05. The number of hydrogen-bond donors (Lipinski definition) is 1. The van der Waals surface area contributed by atoms with Crippen LogP contribution >= 0.6 is 0 Å². The summed E-state index contributed by atoms with van der Waals surface area (Å²) in [5.41, 5.74) is -0.656. The van der Waals surface area contributed by atoms with Crippen molar-refractivity contribution in [3.8, 4) is 0 Å². The maximum Gasteiger partial charge on any atom is 0.140 e. The van der Waals surface area contributed by atoms with Gasteiger partial charge in [-0.3, -0.25) is 0 Å². The molecule has 0 bridgehead atoms. The molecule has 0 amide bonds. The largest absolute Gasteiger partial charge is 0.382 e. The summed E-state index contributed by atoms with van der Waals surface area (Å²) >= 11 is 0. The Morgan fingerprint density at radius 1 is 1.38 bits per heavy atom. The van der Waals surface area contributed by atoms with Crippen LogP contribution in [-0.4, -0.2) is 14.7 Å². The van der Waals surface area contributed by atoms with Crippen molar-refractivity contribution < 1.29 is 5.11 Å². The lowest BCUT2D eigenvalue weighted by Gasteiger charge is -2.31. The van der Waals surface area contributed by atoms with E-state index in [4.69, 9.17) is 0 Å². The molecule has 0 atom stereocenters. The molecule has 0 aromatic carbocycles. The minimum Gasteiger partial charge on any atom is -0.382 e. The molecule has 13 heavy (non-hydrogen) atoms. The van der Waals surface area contributed by atoms with Gasteiger partial charge in [0.15, 0.2) is 0 Å². The molecular weight excluding hydrogens is 164 g/mol. The molecule has 72 valence electrons. The molecule has 0 radical (unpaired) electrons. The van der Waals surface area contributed by atoms with E-state index < -0.39 is 5.60 Å². The third kappa shape index (κ3) is 1.48. The van der Waals surface area contributed by atoms with Crippen LogP contribution in [0, 0.1) is 0 Å². The summed E-state index contributed by atoms with van der Waals surface area (Å²) in [7, 11) is 1.94. The fourth-order valence-electron chi connectivity index (χ4n) is 2.17. The second-order valence-electron chi connectivity index (χ2n) is 3.95. The molecule has 1 aromatic heterocycles. The van der Waals surface area contributed by atoms with Gasteiger partial charge in [-0.2, -0.15) is 0 Å². The monoisotopic (exact) mass is 180 g/mol. The number of aliphatic hydroxyl groups is 1. The van der Waals surface area contributed by atoms with Gasteiger partial charge >= 0.3 is 0 Å². The zero-order valence-electron chi connectivity index (χ0n) is 8.03. The fraction of sp³-hybridized carbons (Fsp3) is 0.700. The van der Waals surface area contributed by atoms with Gasteiger partial charge in [-0.1, -0.05) is 19.3 Å². The summed E-state index contributed by atoms with van der Waals surface area (Å²) in [6.45, 7) is 0. The molecule has 1 saturated carbocycles. The molecule has 1 N–H and O–H groups in total.